The molecular weight excluding hydrogens is 266 g/mol. The fourth-order valence-corrected chi connectivity index (χ4v) is 1.88. The molecule has 0 saturated heterocycles. The molecule has 3 N–H and O–H groups in total. The largest absolute Gasteiger partial charge is 0.490 e. The summed E-state index contributed by atoms with van der Waals surface area (Å²) in [5, 5.41) is 22.1. The van der Waals surface area contributed by atoms with Crippen LogP contribution >= 0.6 is 11.6 Å². The van der Waals surface area contributed by atoms with Crippen molar-refractivity contribution in [2.24, 2.45) is 0 Å². The summed E-state index contributed by atoms with van der Waals surface area (Å²) >= 11 is 6.01. The molecule has 2 unspecified atom stereocenters. The quantitative estimate of drug-likeness (QED) is 0.685. The van der Waals surface area contributed by atoms with Crippen LogP contribution in [0.2, 0.25) is 5.02 Å². The van der Waals surface area contributed by atoms with Crippen molar-refractivity contribution < 1.29 is 14.9 Å². The monoisotopic (exact) mass is 287 g/mol. The highest BCUT2D eigenvalue weighted by Crippen LogP contribution is 2.28. The van der Waals surface area contributed by atoms with Gasteiger partial charge in [0.2, 0.25) is 0 Å². The standard InChI is InChI=1S/C14H22ClNO3/c1-3-6-16-10(2)13-7-11(15)4-5-14(13)19-9-12(18)8-17/h4-5,7,10,12,16-18H,3,6,8-9H2,1-2H3. The van der Waals surface area contributed by atoms with Crippen LogP contribution in [0, 0.1) is 0 Å². The van der Waals surface area contributed by atoms with E-state index in [4.69, 9.17) is 21.4 Å². The van der Waals surface area contributed by atoms with Gasteiger partial charge in [-0.1, -0.05) is 18.5 Å². The fraction of sp³-hybridized carbons (Fsp3) is 0.571. The Kier molecular flexibility index (Phi) is 7.16. The Morgan fingerprint density at radius 1 is 1.42 bits per heavy atom. The lowest BCUT2D eigenvalue weighted by molar-refractivity contribution is 0.0531. The summed E-state index contributed by atoms with van der Waals surface area (Å²) in [7, 11) is 0. The number of nitrogens with one attached hydrogen (secondary N) is 1. The minimum absolute atomic E-state index is 0.0611. The molecule has 0 heterocycles. The molecule has 4 nitrogen and oxygen atoms in total. The van der Waals surface area contributed by atoms with Gasteiger partial charge in [0.15, 0.2) is 0 Å². The highest BCUT2D eigenvalue weighted by atomic mass is 35.5. The lowest BCUT2D eigenvalue weighted by Gasteiger charge is -2.19. The molecule has 0 aliphatic carbocycles. The Labute approximate surface area is 119 Å². The maximum absolute atomic E-state index is 9.33. The van der Waals surface area contributed by atoms with Gasteiger partial charge in [0, 0.05) is 16.6 Å². The third-order valence-electron chi connectivity index (χ3n) is 2.78. The van der Waals surface area contributed by atoms with E-state index in [9.17, 15) is 5.11 Å². The molecule has 0 bridgehead atoms. The second-order valence-corrected chi connectivity index (χ2v) is 4.94. The van der Waals surface area contributed by atoms with Crippen LogP contribution in [0.15, 0.2) is 18.2 Å². The summed E-state index contributed by atoms with van der Waals surface area (Å²) in [5.41, 5.74) is 0.950. The zero-order valence-electron chi connectivity index (χ0n) is 11.4. The van der Waals surface area contributed by atoms with Crippen LogP contribution in [0.1, 0.15) is 31.9 Å². The maximum Gasteiger partial charge on any atom is 0.124 e. The predicted molar refractivity (Wildman–Crippen MR) is 76.7 cm³/mol. The van der Waals surface area contributed by atoms with Crippen molar-refractivity contribution >= 4 is 11.6 Å². The van der Waals surface area contributed by atoms with E-state index in [0.29, 0.717) is 10.8 Å². The first kappa shape index (κ1) is 16.2. The van der Waals surface area contributed by atoms with Gasteiger partial charge in [0.25, 0.3) is 0 Å². The molecular formula is C14H22ClNO3. The second kappa shape index (κ2) is 8.38. The Morgan fingerprint density at radius 2 is 2.16 bits per heavy atom. The molecule has 0 aliphatic heterocycles. The van der Waals surface area contributed by atoms with E-state index in [0.717, 1.165) is 18.5 Å². The van der Waals surface area contributed by atoms with Gasteiger partial charge in [0.1, 0.15) is 18.5 Å². The average molecular weight is 288 g/mol. The highest BCUT2D eigenvalue weighted by Gasteiger charge is 2.13. The predicted octanol–water partition coefficient (Wildman–Crippen LogP) is 2.13. The van der Waals surface area contributed by atoms with Crippen LogP contribution in [-0.4, -0.2) is 36.1 Å². The van der Waals surface area contributed by atoms with Crippen LogP contribution in [0.25, 0.3) is 0 Å². The fourth-order valence-electron chi connectivity index (χ4n) is 1.70. The first-order chi connectivity index (χ1) is 9.08. The van der Waals surface area contributed by atoms with Crippen molar-refractivity contribution in [2.45, 2.75) is 32.4 Å². The second-order valence-electron chi connectivity index (χ2n) is 4.51. The number of hydrogen-bond acceptors (Lipinski definition) is 4. The van der Waals surface area contributed by atoms with Crippen molar-refractivity contribution in [3.05, 3.63) is 28.8 Å². The van der Waals surface area contributed by atoms with Gasteiger partial charge in [0.05, 0.1) is 6.61 Å². The van der Waals surface area contributed by atoms with Gasteiger partial charge in [-0.3, -0.25) is 0 Å². The van der Waals surface area contributed by atoms with Gasteiger partial charge in [-0.25, -0.2) is 0 Å². The first-order valence-corrected chi connectivity index (χ1v) is 6.90. The van der Waals surface area contributed by atoms with Gasteiger partial charge in [-0.05, 0) is 38.1 Å². The minimum Gasteiger partial charge on any atom is -0.490 e. The number of aliphatic hydroxyl groups excluding tert-OH is 2. The number of halogens is 1. The molecule has 1 rings (SSSR count). The molecule has 19 heavy (non-hydrogen) atoms. The lowest BCUT2D eigenvalue weighted by Crippen LogP contribution is -2.23. The Balaban J connectivity index is 2.78. The van der Waals surface area contributed by atoms with E-state index < -0.39 is 6.10 Å². The van der Waals surface area contributed by atoms with Crippen LogP contribution < -0.4 is 10.1 Å². The smallest absolute Gasteiger partial charge is 0.124 e. The highest BCUT2D eigenvalue weighted by molar-refractivity contribution is 6.30. The van der Waals surface area contributed by atoms with Gasteiger partial charge >= 0.3 is 0 Å². The molecule has 0 aliphatic rings. The summed E-state index contributed by atoms with van der Waals surface area (Å²) < 4.78 is 5.54. The van der Waals surface area contributed by atoms with E-state index in [1.54, 1.807) is 12.1 Å². The molecule has 108 valence electrons. The van der Waals surface area contributed by atoms with E-state index in [-0.39, 0.29) is 19.3 Å². The molecule has 0 radical (unpaired) electrons. The number of rotatable bonds is 8. The molecule has 0 fully saturated rings. The first-order valence-electron chi connectivity index (χ1n) is 6.53. The van der Waals surface area contributed by atoms with Gasteiger partial charge in [-0.2, -0.15) is 0 Å². The lowest BCUT2D eigenvalue weighted by atomic mass is 10.1. The zero-order chi connectivity index (χ0) is 14.3. The molecule has 5 heteroatoms. The molecule has 2 atom stereocenters. The van der Waals surface area contributed by atoms with Crippen molar-refractivity contribution in [3.63, 3.8) is 0 Å². The van der Waals surface area contributed by atoms with Crippen molar-refractivity contribution in [2.75, 3.05) is 19.8 Å². The number of hydrogen-bond donors (Lipinski definition) is 3. The summed E-state index contributed by atoms with van der Waals surface area (Å²) in [5.74, 6) is 0.674. The summed E-state index contributed by atoms with van der Waals surface area (Å²) in [4.78, 5) is 0. The summed E-state index contributed by atoms with van der Waals surface area (Å²) in [6.07, 6.45) is 0.173. The normalized spacial score (nSPS) is 14.2. The van der Waals surface area contributed by atoms with Crippen LogP contribution in [-0.2, 0) is 0 Å². The molecule has 0 aromatic heterocycles. The third-order valence-corrected chi connectivity index (χ3v) is 3.02. The SMILES string of the molecule is CCCNC(C)c1cc(Cl)ccc1OCC(O)CO. The van der Waals surface area contributed by atoms with Crippen LogP contribution in [0.3, 0.4) is 0 Å². The Bertz CT molecular complexity index is 387. The van der Waals surface area contributed by atoms with E-state index >= 15 is 0 Å². The summed E-state index contributed by atoms with van der Waals surface area (Å²) in [6.45, 7) is 4.80. The molecule has 0 saturated carbocycles. The number of ether oxygens (including phenoxy) is 1. The van der Waals surface area contributed by atoms with Crippen LogP contribution in [0.4, 0.5) is 0 Å². The maximum atomic E-state index is 9.33. The molecule has 1 aromatic rings. The van der Waals surface area contributed by atoms with Crippen LogP contribution in [0.5, 0.6) is 5.75 Å². The van der Waals surface area contributed by atoms with Gasteiger partial charge < -0.3 is 20.3 Å². The average Bonchev–Trinajstić information content (AvgIpc) is 2.42. The third kappa shape index (κ3) is 5.37. The molecule has 1 aromatic carbocycles. The zero-order valence-corrected chi connectivity index (χ0v) is 12.2. The number of aliphatic hydroxyl groups is 2. The van der Waals surface area contributed by atoms with E-state index in [1.165, 1.54) is 0 Å². The summed E-state index contributed by atoms with van der Waals surface area (Å²) in [6, 6.07) is 5.50. The Morgan fingerprint density at radius 3 is 2.79 bits per heavy atom. The number of benzene rings is 1. The van der Waals surface area contributed by atoms with Crippen molar-refractivity contribution in [3.8, 4) is 5.75 Å². The molecule has 0 amide bonds. The minimum atomic E-state index is -0.873. The Hall–Kier alpha value is -0.810. The van der Waals surface area contributed by atoms with Crippen molar-refractivity contribution in [1.29, 1.82) is 0 Å². The van der Waals surface area contributed by atoms with Gasteiger partial charge in [-0.15, -0.1) is 0 Å². The van der Waals surface area contributed by atoms with E-state index in [1.807, 2.05) is 13.0 Å². The topological polar surface area (TPSA) is 61.7 Å². The van der Waals surface area contributed by atoms with E-state index in [2.05, 4.69) is 12.2 Å². The molecule has 0 spiro atoms. The van der Waals surface area contributed by atoms with Crippen molar-refractivity contribution in [1.82, 2.24) is 5.32 Å².